The molecule has 1 atom stereocenters. The molecule has 1 unspecified atom stereocenters. The van der Waals surface area contributed by atoms with Gasteiger partial charge in [0, 0.05) is 29.8 Å². The van der Waals surface area contributed by atoms with Gasteiger partial charge >= 0.3 is 0 Å². The maximum Gasteiger partial charge on any atom is 0.264 e. The number of amides is 1. The molecular weight excluding hydrogens is 364 g/mol. The molecule has 2 aromatic carbocycles. The van der Waals surface area contributed by atoms with E-state index in [2.05, 4.69) is 15.5 Å². The van der Waals surface area contributed by atoms with Crippen LogP contribution in [0.1, 0.15) is 23.6 Å². The molecule has 1 aromatic heterocycles. The Morgan fingerprint density at radius 2 is 1.89 bits per heavy atom. The van der Waals surface area contributed by atoms with E-state index >= 15 is 0 Å². The van der Waals surface area contributed by atoms with Crippen LogP contribution >= 0.6 is 12.4 Å². The SMILES string of the molecule is Cc1ccc(-c2ccc(=O)[nH]n2)cc1NC(=O)CC(N)c1ccccc1.Cl. The molecule has 0 radical (unpaired) electrons. The van der Waals surface area contributed by atoms with Crippen LogP contribution in [-0.2, 0) is 4.79 Å². The van der Waals surface area contributed by atoms with E-state index in [1.165, 1.54) is 6.07 Å². The molecule has 0 aliphatic heterocycles. The first-order valence-electron chi connectivity index (χ1n) is 8.30. The van der Waals surface area contributed by atoms with Gasteiger partial charge in [0.1, 0.15) is 0 Å². The van der Waals surface area contributed by atoms with Crippen LogP contribution in [0.3, 0.4) is 0 Å². The lowest BCUT2D eigenvalue weighted by atomic mass is 10.0. The Hall–Kier alpha value is -2.96. The molecule has 3 aromatic rings. The second-order valence-electron chi connectivity index (χ2n) is 6.11. The summed E-state index contributed by atoms with van der Waals surface area (Å²) in [7, 11) is 0. The first kappa shape index (κ1) is 20.4. The topological polar surface area (TPSA) is 101 Å². The number of aryl methyl sites for hydroxylation is 1. The summed E-state index contributed by atoms with van der Waals surface area (Å²) in [6.45, 7) is 1.91. The van der Waals surface area contributed by atoms with Crippen molar-refractivity contribution in [3.63, 3.8) is 0 Å². The number of nitrogens with zero attached hydrogens (tertiary/aromatic N) is 1. The largest absolute Gasteiger partial charge is 0.326 e. The lowest BCUT2D eigenvalue weighted by molar-refractivity contribution is -0.116. The summed E-state index contributed by atoms with van der Waals surface area (Å²) in [5.74, 6) is -0.156. The van der Waals surface area contributed by atoms with Gasteiger partial charge in [-0.15, -0.1) is 12.4 Å². The van der Waals surface area contributed by atoms with E-state index in [-0.39, 0.29) is 36.3 Å². The van der Waals surface area contributed by atoms with E-state index in [1.54, 1.807) is 6.07 Å². The molecule has 0 aliphatic carbocycles. The van der Waals surface area contributed by atoms with Crippen LogP contribution in [0.2, 0.25) is 0 Å². The maximum absolute atomic E-state index is 12.4. The van der Waals surface area contributed by atoms with Gasteiger partial charge in [-0.3, -0.25) is 9.59 Å². The Bertz CT molecular complexity index is 953. The Balaban J connectivity index is 0.00000261. The number of halogens is 1. The van der Waals surface area contributed by atoms with Crippen LogP contribution in [0.5, 0.6) is 0 Å². The molecule has 0 saturated heterocycles. The normalized spacial score (nSPS) is 11.3. The number of rotatable bonds is 5. The number of anilines is 1. The van der Waals surface area contributed by atoms with Crippen molar-refractivity contribution in [3.05, 3.63) is 82.1 Å². The molecule has 27 heavy (non-hydrogen) atoms. The molecule has 3 rings (SSSR count). The van der Waals surface area contributed by atoms with Crippen molar-refractivity contribution in [2.45, 2.75) is 19.4 Å². The van der Waals surface area contributed by atoms with Crippen molar-refractivity contribution in [2.75, 3.05) is 5.32 Å². The van der Waals surface area contributed by atoms with Gasteiger partial charge in [-0.2, -0.15) is 5.10 Å². The summed E-state index contributed by atoms with van der Waals surface area (Å²) >= 11 is 0. The molecule has 7 heteroatoms. The van der Waals surface area contributed by atoms with Crippen molar-refractivity contribution in [3.8, 4) is 11.3 Å². The summed E-state index contributed by atoms with van der Waals surface area (Å²) < 4.78 is 0. The monoisotopic (exact) mass is 384 g/mol. The highest BCUT2D eigenvalue weighted by atomic mass is 35.5. The smallest absolute Gasteiger partial charge is 0.264 e. The van der Waals surface area contributed by atoms with Crippen molar-refractivity contribution < 1.29 is 4.79 Å². The van der Waals surface area contributed by atoms with Crippen molar-refractivity contribution in [1.29, 1.82) is 0 Å². The predicted molar refractivity (Wildman–Crippen MR) is 109 cm³/mol. The first-order valence-corrected chi connectivity index (χ1v) is 8.30. The van der Waals surface area contributed by atoms with E-state index in [0.29, 0.717) is 11.4 Å². The van der Waals surface area contributed by atoms with Crippen LogP contribution in [0.15, 0.2) is 65.5 Å². The van der Waals surface area contributed by atoms with Crippen molar-refractivity contribution in [1.82, 2.24) is 10.2 Å². The van der Waals surface area contributed by atoms with Crippen LogP contribution < -0.4 is 16.6 Å². The molecule has 0 saturated carbocycles. The molecule has 4 N–H and O–H groups in total. The number of nitrogens with one attached hydrogen (secondary N) is 2. The molecule has 1 heterocycles. The quantitative estimate of drug-likeness (QED) is 0.628. The molecular formula is C20H21ClN4O2. The van der Waals surface area contributed by atoms with Crippen molar-refractivity contribution >= 4 is 24.0 Å². The van der Waals surface area contributed by atoms with E-state index in [9.17, 15) is 9.59 Å². The van der Waals surface area contributed by atoms with Gasteiger partial charge in [-0.1, -0.05) is 42.5 Å². The minimum absolute atomic E-state index is 0. The molecule has 140 valence electrons. The van der Waals surface area contributed by atoms with Gasteiger partial charge in [0.25, 0.3) is 5.56 Å². The van der Waals surface area contributed by atoms with Crippen LogP contribution in [0.4, 0.5) is 5.69 Å². The fraction of sp³-hybridized carbons (Fsp3) is 0.150. The summed E-state index contributed by atoms with van der Waals surface area (Å²) in [6.07, 6.45) is 0.185. The van der Waals surface area contributed by atoms with E-state index < -0.39 is 0 Å². The number of aromatic nitrogens is 2. The van der Waals surface area contributed by atoms with E-state index in [0.717, 1.165) is 16.7 Å². The number of aromatic amines is 1. The highest BCUT2D eigenvalue weighted by molar-refractivity contribution is 5.92. The number of carbonyl (C=O) groups excluding carboxylic acids is 1. The van der Waals surface area contributed by atoms with Gasteiger partial charge in [0.15, 0.2) is 0 Å². The number of hydrogen-bond donors (Lipinski definition) is 3. The summed E-state index contributed by atoms with van der Waals surface area (Å²) in [4.78, 5) is 23.5. The molecule has 0 aliphatic rings. The number of hydrogen-bond acceptors (Lipinski definition) is 4. The summed E-state index contributed by atoms with van der Waals surface area (Å²) in [6, 6.07) is 17.8. The Morgan fingerprint density at radius 3 is 2.56 bits per heavy atom. The lowest BCUT2D eigenvalue weighted by Crippen LogP contribution is -2.21. The third-order valence-electron chi connectivity index (χ3n) is 4.12. The number of nitrogens with two attached hydrogens (primary N) is 1. The molecule has 1 amide bonds. The third kappa shape index (κ3) is 5.26. The number of H-pyrrole nitrogens is 1. The zero-order valence-corrected chi connectivity index (χ0v) is 15.6. The second-order valence-corrected chi connectivity index (χ2v) is 6.11. The minimum atomic E-state index is -0.361. The molecule has 6 nitrogen and oxygen atoms in total. The number of benzene rings is 2. The van der Waals surface area contributed by atoms with Gasteiger partial charge in [-0.05, 0) is 30.2 Å². The van der Waals surface area contributed by atoms with Gasteiger partial charge in [0.05, 0.1) is 5.69 Å². The Morgan fingerprint density at radius 1 is 1.15 bits per heavy atom. The Labute approximate surface area is 163 Å². The number of carbonyl (C=O) groups is 1. The van der Waals surface area contributed by atoms with Crippen LogP contribution in [0, 0.1) is 6.92 Å². The summed E-state index contributed by atoms with van der Waals surface area (Å²) in [5, 5.41) is 9.34. The zero-order valence-electron chi connectivity index (χ0n) is 14.8. The van der Waals surface area contributed by atoms with Gasteiger partial charge < -0.3 is 11.1 Å². The Kier molecular flexibility index (Phi) is 6.87. The highest BCUT2D eigenvalue weighted by Gasteiger charge is 2.13. The molecule has 0 spiro atoms. The van der Waals surface area contributed by atoms with Gasteiger partial charge in [-0.25, -0.2) is 5.10 Å². The third-order valence-corrected chi connectivity index (χ3v) is 4.12. The van der Waals surface area contributed by atoms with E-state index in [1.807, 2.05) is 55.5 Å². The minimum Gasteiger partial charge on any atom is -0.326 e. The fourth-order valence-corrected chi connectivity index (χ4v) is 2.64. The zero-order chi connectivity index (χ0) is 18.5. The highest BCUT2D eigenvalue weighted by Crippen LogP contribution is 2.24. The van der Waals surface area contributed by atoms with Crippen molar-refractivity contribution in [2.24, 2.45) is 5.73 Å². The lowest BCUT2D eigenvalue weighted by Gasteiger charge is -2.14. The first-order chi connectivity index (χ1) is 12.5. The molecule has 0 fully saturated rings. The average Bonchev–Trinajstić information content (AvgIpc) is 2.65. The fourth-order valence-electron chi connectivity index (χ4n) is 2.64. The average molecular weight is 385 g/mol. The van der Waals surface area contributed by atoms with Crippen LogP contribution in [0.25, 0.3) is 11.3 Å². The molecule has 0 bridgehead atoms. The second kappa shape index (κ2) is 9.12. The maximum atomic E-state index is 12.4. The van der Waals surface area contributed by atoms with Crippen LogP contribution in [-0.4, -0.2) is 16.1 Å². The van der Waals surface area contributed by atoms with Gasteiger partial charge in [0.2, 0.25) is 5.91 Å². The predicted octanol–water partition coefficient (Wildman–Crippen LogP) is 3.20. The standard InChI is InChI=1S/C20H20N4O2.ClH/c1-13-7-8-15(17-9-10-19(25)24-23-17)11-18(13)22-20(26)12-16(21)14-5-3-2-4-6-14;/h2-11,16H,12,21H2,1H3,(H,22,26)(H,24,25);1H. The summed E-state index contributed by atoms with van der Waals surface area (Å²) in [5.41, 5.74) is 9.83. The van der Waals surface area contributed by atoms with E-state index in [4.69, 9.17) is 5.73 Å².